The third kappa shape index (κ3) is 5.58. The van der Waals surface area contributed by atoms with Crippen LogP contribution < -0.4 is 4.90 Å². The second kappa shape index (κ2) is 10.4. The van der Waals surface area contributed by atoms with Crippen molar-refractivity contribution in [3.8, 4) is 0 Å². The van der Waals surface area contributed by atoms with Gasteiger partial charge in [0, 0.05) is 60.9 Å². The zero-order chi connectivity index (χ0) is 23.5. The van der Waals surface area contributed by atoms with E-state index in [1.807, 2.05) is 6.92 Å². The Morgan fingerprint density at radius 1 is 1.09 bits per heavy atom. The number of halogens is 2. The van der Waals surface area contributed by atoms with E-state index < -0.39 is 10.0 Å². The molecule has 1 aromatic carbocycles. The van der Waals surface area contributed by atoms with Crippen LogP contribution in [0.25, 0.3) is 0 Å². The fourth-order valence-corrected chi connectivity index (χ4v) is 5.31. The number of aromatic nitrogens is 2. The first-order valence-electron chi connectivity index (χ1n) is 11.2. The highest BCUT2D eigenvalue weighted by Gasteiger charge is 2.28. The Hall–Kier alpha value is -1.77. The smallest absolute Gasteiger partial charge is 0.213 e. The lowest BCUT2D eigenvalue weighted by Gasteiger charge is -2.36. The average Bonchev–Trinajstić information content (AvgIpc) is 2.76. The zero-order valence-corrected chi connectivity index (χ0v) is 20.8. The lowest BCUT2D eigenvalue weighted by molar-refractivity contribution is 0.384. The molecule has 1 fully saturated rings. The SMILES string of the molecule is CCc1nc(CC(C)C)nc(N2CCN(S(=O)(=O)CC)CC2)c1Cc1c(F)cccc1Cl. The number of benzene rings is 1. The van der Waals surface area contributed by atoms with Gasteiger partial charge in [0.25, 0.3) is 0 Å². The monoisotopic (exact) mass is 482 g/mol. The van der Waals surface area contributed by atoms with E-state index in [0.29, 0.717) is 55.5 Å². The van der Waals surface area contributed by atoms with E-state index in [0.717, 1.165) is 29.3 Å². The molecule has 3 rings (SSSR count). The number of rotatable bonds is 8. The molecule has 6 nitrogen and oxygen atoms in total. The first kappa shape index (κ1) is 24.9. The Labute approximate surface area is 195 Å². The average molecular weight is 483 g/mol. The molecule has 1 aromatic heterocycles. The van der Waals surface area contributed by atoms with Crippen LogP contribution in [0.15, 0.2) is 18.2 Å². The lowest BCUT2D eigenvalue weighted by Crippen LogP contribution is -2.49. The summed E-state index contributed by atoms with van der Waals surface area (Å²) >= 11 is 6.33. The van der Waals surface area contributed by atoms with Crippen molar-refractivity contribution in [2.75, 3.05) is 36.8 Å². The number of aryl methyl sites for hydroxylation is 1. The van der Waals surface area contributed by atoms with Crippen molar-refractivity contribution in [2.24, 2.45) is 5.92 Å². The molecule has 0 atom stereocenters. The summed E-state index contributed by atoms with van der Waals surface area (Å²) in [4.78, 5) is 11.8. The second-order valence-electron chi connectivity index (χ2n) is 8.50. The van der Waals surface area contributed by atoms with Crippen LogP contribution in [0.2, 0.25) is 5.02 Å². The van der Waals surface area contributed by atoms with Gasteiger partial charge in [-0.25, -0.2) is 22.8 Å². The lowest BCUT2D eigenvalue weighted by atomic mass is 10.0. The number of sulfonamides is 1. The van der Waals surface area contributed by atoms with E-state index in [1.54, 1.807) is 19.1 Å². The van der Waals surface area contributed by atoms with E-state index in [1.165, 1.54) is 10.4 Å². The molecule has 2 aromatic rings. The molecule has 1 aliphatic rings. The number of hydrogen-bond acceptors (Lipinski definition) is 5. The van der Waals surface area contributed by atoms with Crippen molar-refractivity contribution in [1.82, 2.24) is 14.3 Å². The maximum atomic E-state index is 14.6. The minimum Gasteiger partial charge on any atom is -0.354 e. The van der Waals surface area contributed by atoms with E-state index in [4.69, 9.17) is 21.6 Å². The highest BCUT2D eigenvalue weighted by molar-refractivity contribution is 7.89. The largest absolute Gasteiger partial charge is 0.354 e. The summed E-state index contributed by atoms with van der Waals surface area (Å²) in [5.41, 5.74) is 2.17. The predicted molar refractivity (Wildman–Crippen MR) is 127 cm³/mol. The summed E-state index contributed by atoms with van der Waals surface area (Å²) in [6, 6.07) is 4.70. The Morgan fingerprint density at radius 3 is 2.34 bits per heavy atom. The van der Waals surface area contributed by atoms with Crippen molar-refractivity contribution in [3.63, 3.8) is 0 Å². The van der Waals surface area contributed by atoms with Gasteiger partial charge in [0.05, 0.1) is 5.75 Å². The summed E-state index contributed by atoms with van der Waals surface area (Å²) in [5.74, 6) is 1.66. The standard InChI is InChI=1S/C23H32ClFN4O2S/c1-5-21-18(15-17-19(24)8-7-9-20(17)25)23(27-22(26-21)14-16(3)4)28-10-12-29(13-11-28)32(30,31)6-2/h7-9,16H,5-6,10-15H2,1-4H3. The molecule has 2 heterocycles. The van der Waals surface area contributed by atoms with Crippen LogP contribution in [0.1, 0.15) is 50.3 Å². The molecule has 32 heavy (non-hydrogen) atoms. The Bertz CT molecular complexity index is 1030. The molecule has 0 radical (unpaired) electrons. The summed E-state index contributed by atoms with van der Waals surface area (Å²) in [6.45, 7) is 9.79. The highest BCUT2D eigenvalue weighted by Crippen LogP contribution is 2.30. The third-order valence-electron chi connectivity index (χ3n) is 5.75. The summed E-state index contributed by atoms with van der Waals surface area (Å²) < 4.78 is 40.7. The summed E-state index contributed by atoms with van der Waals surface area (Å²) in [5, 5.41) is 0.378. The van der Waals surface area contributed by atoms with Gasteiger partial charge in [-0.15, -0.1) is 0 Å². The fraction of sp³-hybridized carbons (Fsp3) is 0.565. The van der Waals surface area contributed by atoms with Crippen LogP contribution in [0.4, 0.5) is 10.2 Å². The number of piperazine rings is 1. The van der Waals surface area contributed by atoms with Gasteiger partial charge in [-0.3, -0.25) is 0 Å². The molecule has 1 saturated heterocycles. The minimum absolute atomic E-state index is 0.0933. The van der Waals surface area contributed by atoms with Gasteiger partial charge in [0.15, 0.2) is 0 Å². The molecule has 0 saturated carbocycles. The topological polar surface area (TPSA) is 66.4 Å². The zero-order valence-electron chi connectivity index (χ0n) is 19.2. The molecular weight excluding hydrogens is 451 g/mol. The molecule has 0 unspecified atom stereocenters. The van der Waals surface area contributed by atoms with Gasteiger partial charge >= 0.3 is 0 Å². The molecule has 0 aliphatic carbocycles. The number of anilines is 1. The summed E-state index contributed by atoms with van der Waals surface area (Å²) in [7, 11) is -3.23. The van der Waals surface area contributed by atoms with Crippen LogP contribution in [0.3, 0.4) is 0 Å². The van der Waals surface area contributed by atoms with Gasteiger partial charge in [-0.2, -0.15) is 4.31 Å². The van der Waals surface area contributed by atoms with E-state index in [-0.39, 0.29) is 11.6 Å². The molecule has 0 amide bonds. The minimum atomic E-state index is -3.23. The molecule has 0 bridgehead atoms. The first-order valence-corrected chi connectivity index (χ1v) is 13.2. The maximum absolute atomic E-state index is 14.6. The fourth-order valence-electron chi connectivity index (χ4n) is 4.00. The normalized spacial score (nSPS) is 15.5. The second-order valence-corrected chi connectivity index (χ2v) is 11.2. The van der Waals surface area contributed by atoms with Crippen LogP contribution in [-0.4, -0.2) is 54.6 Å². The van der Waals surface area contributed by atoms with Gasteiger partial charge in [-0.05, 0) is 31.4 Å². The van der Waals surface area contributed by atoms with Crippen molar-refractivity contribution in [3.05, 3.63) is 51.7 Å². The third-order valence-corrected chi connectivity index (χ3v) is 7.99. The van der Waals surface area contributed by atoms with E-state index >= 15 is 0 Å². The number of hydrogen-bond donors (Lipinski definition) is 0. The van der Waals surface area contributed by atoms with Gasteiger partial charge in [0.1, 0.15) is 17.5 Å². The van der Waals surface area contributed by atoms with Crippen LogP contribution in [-0.2, 0) is 29.3 Å². The Balaban J connectivity index is 2.02. The van der Waals surface area contributed by atoms with Gasteiger partial charge in [-0.1, -0.05) is 38.4 Å². The predicted octanol–water partition coefficient (Wildman–Crippen LogP) is 4.09. The van der Waals surface area contributed by atoms with Crippen molar-refractivity contribution >= 4 is 27.4 Å². The molecule has 176 valence electrons. The molecule has 9 heteroatoms. The van der Waals surface area contributed by atoms with Crippen molar-refractivity contribution < 1.29 is 12.8 Å². The molecular formula is C23H32ClFN4O2S. The van der Waals surface area contributed by atoms with Crippen LogP contribution >= 0.6 is 11.6 Å². The Morgan fingerprint density at radius 2 is 1.78 bits per heavy atom. The van der Waals surface area contributed by atoms with E-state index in [9.17, 15) is 12.8 Å². The maximum Gasteiger partial charge on any atom is 0.213 e. The number of nitrogens with zero attached hydrogens (tertiary/aromatic N) is 4. The quantitative estimate of drug-likeness (QED) is 0.567. The summed E-state index contributed by atoms with van der Waals surface area (Å²) in [6.07, 6.45) is 1.72. The highest BCUT2D eigenvalue weighted by atomic mass is 35.5. The molecule has 1 aliphatic heterocycles. The first-order chi connectivity index (χ1) is 15.2. The van der Waals surface area contributed by atoms with E-state index in [2.05, 4.69) is 18.7 Å². The molecule has 0 N–H and O–H groups in total. The van der Waals surface area contributed by atoms with Gasteiger partial charge < -0.3 is 4.90 Å². The van der Waals surface area contributed by atoms with Crippen molar-refractivity contribution in [1.29, 1.82) is 0 Å². The van der Waals surface area contributed by atoms with Gasteiger partial charge in [0.2, 0.25) is 10.0 Å². The van der Waals surface area contributed by atoms with Crippen LogP contribution in [0, 0.1) is 11.7 Å². The van der Waals surface area contributed by atoms with Crippen molar-refractivity contribution in [2.45, 2.75) is 47.0 Å². The van der Waals surface area contributed by atoms with Crippen LogP contribution in [0.5, 0.6) is 0 Å². The molecule has 0 spiro atoms. The Kier molecular flexibility index (Phi) is 8.11.